The molecular weight excluding hydrogens is 508 g/mol. The van der Waals surface area contributed by atoms with Gasteiger partial charge in [-0.1, -0.05) is 42.0 Å². The number of alkyl halides is 3. The molecule has 37 heavy (non-hydrogen) atoms. The maximum atomic E-state index is 14.8. The Hall–Kier alpha value is -4.08. The quantitative estimate of drug-likeness (QED) is 0.226. The normalized spacial score (nSPS) is 11.5. The minimum Gasteiger partial charge on any atom is -0.457 e. The van der Waals surface area contributed by atoms with E-state index in [1.165, 1.54) is 12.1 Å². The fourth-order valence-electron chi connectivity index (χ4n) is 3.67. The van der Waals surface area contributed by atoms with E-state index in [1.807, 2.05) is 19.1 Å². The molecule has 0 atom stereocenters. The molecule has 0 aliphatic heterocycles. The Balaban J connectivity index is 1.65. The minimum atomic E-state index is -4.73. The molecule has 0 unspecified atom stereocenters. The van der Waals surface area contributed by atoms with Gasteiger partial charge < -0.3 is 9.47 Å². The number of rotatable bonds is 7. The molecule has 0 N–H and O–H groups in total. The Labute approximate surface area is 205 Å². The van der Waals surface area contributed by atoms with Crippen LogP contribution in [0.15, 0.2) is 66.7 Å². The molecule has 0 aromatic heterocycles. The first kappa shape index (κ1) is 26.0. The zero-order valence-corrected chi connectivity index (χ0v) is 18.9. The molecule has 0 saturated heterocycles. The van der Waals surface area contributed by atoms with Crippen molar-refractivity contribution >= 4 is 0 Å². The second-order valence-electron chi connectivity index (χ2n) is 7.96. The molecule has 192 valence electrons. The van der Waals surface area contributed by atoms with Gasteiger partial charge in [0.15, 0.2) is 17.4 Å². The summed E-state index contributed by atoms with van der Waals surface area (Å²) in [5.74, 6) is -9.93. The Kier molecular flexibility index (Phi) is 7.11. The van der Waals surface area contributed by atoms with Crippen LogP contribution < -0.4 is 9.47 Å². The molecule has 2 nitrogen and oxygen atoms in total. The highest BCUT2D eigenvalue weighted by Gasteiger charge is 2.41. The average Bonchev–Trinajstić information content (AvgIpc) is 2.81. The highest BCUT2D eigenvalue weighted by atomic mass is 19.3. The van der Waals surface area contributed by atoms with Gasteiger partial charge in [0.1, 0.15) is 28.8 Å². The van der Waals surface area contributed by atoms with Crippen LogP contribution in [0.2, 0.25) is 0 Å². The van der Waals surface area contributed by atoms with Crippen molar-refractivity contribution in [1.29, 1.82) is 0 Å². The van der Waals surface area contributed by atoms with Crippen molar-refractivity contribution in [3.05, 3.63) is 107 Å². The lowest BCUT2D eigenvalue weighted by Crippen LogP contribution is -2.25. The van der Waals surface area contributed by atoms with Gasteiger partial charge in [-0.05, 0) is 41.8 Å². The Morgan fingerprint density at radius 2 is 1.19 bits per heavy atom. The van der Waals surface area contributed by atoms with E-state index in [1.54, 1.807) is 12.1 Å². The van der Waals surface area contributed by atoms with E-state index in [0.717, 1.165) is 11.6 Å². The first-order chi connectivity index (χ1) is 17.5. The van der Waals surface area contributed by atoms with Crippen molar-refractivity contribution in [3.8, 4) is 33.8 Å². The van der Waals surface area contributed by atoms with E-state index < -0.39 is 59.1 Å². The summed E-state index contributed by atoms with van der Waals surface area (Å²) >= 11 is 0. The van der Waals surface area contributed by atoms with Crippen LogP contribution in [0.3, 0.4) is 0 Å². The molecule has 0 spiro atoms. The second kappa shape index (κ2) is 10.1. The van der Waals surface area contributed by atoms with Crippen LogP contribution in [-0.4, -0.2) is 6.86 Å². The van der Waals surface area contributed by atoms with Crippen LogP contribution in [0.4, 0.5) is 35.1 Å². The molecule has 0 heterocycles. The SMILES string of the molecule is Cc1ccc(-c2ccc(-c3cc(F)c(C(F)(F)Oc4cc(F)c(OCF)c(F)c4)c(F)c3)c(F)c2)cc1. The van der Waals surface area contributed by atoms with Crippen LogP contribution in [0, 0.1) is 36.0 Å². The van der Waals surface area contributed by atoms with E-state index in [4.69, 9.17) is 0 Å². The Morgan fingerprint density at radius 3 is 1.73 bits per heavy atom. The second-order valence-corrected chi connectivity index (χ2v) is 7.96. The van der Waals surface area contributed by atoms with Gasteiger partial charge in [-0.25, -0.2) is 26.3 Å². The molecule has 4 aromatic carbocycles. The summed E-state index contributed by atoms with van der Waals surface area (Å²) in [4.78, 5) is 0. The number of hydrogen-bond acceptors (Lipinski definition) is 2. The van der Waals surface area contributed by atoms with Crippen molar-refractivity contribution in [3.63, 3.8) is 0 Å². The van der Waals surface area contributed by atoms with E-state index in [0.29, 0.717) is 23.3 Å². The average molecular weight is 524 g/mol. The summed E-state index contributed by atoms with van der Waals surface area (Å²) in [6.45, 7) is 0.285. The van der Waals surface area contributed by atoms with E-state index in [9.17, 15) is 35.1 Å². The first-order valence-electron chi connectivity index (χ1n) is 10.6. The number of hydrogen-bond donors (Lipinski definition) is 0. The van der Waals surface area contributed by atoms with E-state index >= 15 is 0 Å². The molecule has 0 aliphatic rings. The number of aryl methyl sites for hydroxylation is 1. The summed E-state index contributed by atoms with van der Waals surface area (Å²) in [6.07, 6.45) is -4.73. The van der Waals surface area contributed by atoms with Crippen molar-refractivity contribution in [2.24, 2.45) is 0 Å². The van der Waals surface area contributed by atoms with Crippen molar-refractivity contribution < 1.29 is 44.6 Å². The van der Waals surface area contributed by atoms with Crippen LogP contribution in [0.25, 0.3) is 22.3 Å². The van der Waals surface area contributed by atoms with Crippen LogP contribution >= 0.6 is 0 Å². The van der Waals surface area contributed by atoms with Gasteiger partial charge in [0.25, 0.3) is 0 Å². The zero-order valence-electron chi connectivity index (χ0n) is 18.9. The number of ether oxygens (including phenoxy) is 2. The lowest BCUT2D eigenvalue weighted by molar-refractivity contribution is -0.189. The predicted molar refractivity (Wildman–Crippen MR) is 119 cm³/mol. The maximum absolute atomic E-state index is 14.8. The Bertz CT molecular complexity index is 1410. The molecule has 0 fully saturated rings. The predicted octanol–water partition coefficient (Wildman–Crippen LogP) is 8.46. The number of halogens is 8. The summed E-state index contributed by atoms with van der Waals surface area (Å²) in [5, 5.41) is 0. The van der Waals surface area contributed by atoms with Gasteiger partial charge >= 0.3 is 6.11 Å². The van der Waals surface area contributed by atoms with Gasteiger partial charge in [-0.2, -0.15) is 8.78 Å². The fraction of sp³-hybridized carbons (Fsp3) is 0.111. The third kappa shape index (κ3) is 5.37. The molecule has 4 aromatic rings. The summed E-state index contributed by atoms with van der Waals surface area (Å²) < 4.78 is 122. The lowest BCUT2D eigenvalue weighted by atomic mass is 9.98. The third-order valence-electron chi connectivity index (χ3n) is 5.41. The molecule has 0 aliphatic carbocycles. The lowest BCUT2D eigenvalue weighted by Gasteiger charge is -2.20. The summed E-state index contributed by atoms with van der Waals surface area (Å²) in [6, 6.07) is 12.5. The van der Waals surface area contributed by atoms with E-state index in [2.05, 4.69) is 9.47 Å². The zero-order chi connectivity index (χ0) is 26.9. The van der Waals surface area contributed by atoms with Crippen LogP contribution in [-0.2, 0) is 6.11 Å². The van der Waals surface area contributed by atoms with Gasteiger partial charge in [-0.15, -0.1) is 0 Å². The maximum Gasteiger partial charge on any atom is 0.432 e. The molecule has 0 amide bonds. The topological polar surface area (TPSA) is 18.5 Å². The van der Waals surface area contributed by atoms with Crippen LogP contribution in [0.1, 0.15) is 11.1 Å². The van der Waals surface area contributed by atoms with Gasteiger partial charge in [0.05, 0.1) is 0 Å². The van der Waals surface area contributed by atoms with Gasteiger partial charge in [0.2, 0.25) is 6.86 Å². The van der Waals surface area contributed by atoms with Crippen molar-refractivity contribution in [1.82, 2.24) is 0 Å². The van der Waals surface area contributed by atoms with E-state index in [-0.39, 0.29) is 23.3 Å². The van der Waals surface area contributed by atoms with Crippen molar-refractivity contribution in [2.45, 2.75) is 13.0 Å². The minimum absolute atomic E-state index is 0.233. The number of benzene rings is 4. The van der Waals surface area contributed by atoms with Gasteiger partial charge in [-0.3, -0.25) is 0 Å². The fourth-order valence-corrected chi connectivity index (χ4v) is 3.67. The summed E-state index contributed by atoms with van der Waals surface area (Å²) in [7, 11) is 0. The monoisotopic (exact) mass is 524 g/mol. The van der Waals surface area contributed by atoms with Gasteiger partial charge in [0, 0.05) is 17.7 Å². The molecule has 0 saturated carbocycles. The molecule has 0 radical (unpaired) electrons. The summed E-state index contributed by atoms with van der Waals surface area (Å²) in [5.41, 5.74) is -0.313. The van der Waals surface area contributed by atoms with Crippen LogP contribution in [0.5, 0.6) is 11.5 Å². The Morgan fingerprint density at radius 1 is 0.649 bits per heavy atom. The third-order valence-corrected chi connectivity index (χ3v) is 5.41. The first-order valence-corrected chi connectivity index (χ1v) is 10.6. The standard InChI is InChI=1S/C27H16F8O2/c1-14-2-4-15(5-3-14)16-6-7-19(20(29)8-16)17-9-21(30)25(22(31)10-17)27(34,35)37-18-11-23(32)26(36-13-28)24(33)12-18/h2-12H,13H2,1H3. The highest BCUT2D eigenvalue weighted by molar-refractivity contribution is 5.71. The molecule has 4 rings (SSSR count). The van der Waals surface area contributed by atoms with Crippen molar-refractivity contribution in [2.75, 3.05) is 6.86 Å². The largest absolute Gasteiger partial charge is 0.457 e. The molecule has 0 bridgehead atoms. The highest BCUT2D eigenvalue weighted by Crippen LogP contribution is 2.39. The molecule has 10 heteroatoms. The smallest absolute Gasteiger partial charge is 0.432 e. The molecular formula is C27H16F8O2.